The zero-order valence-electron chi connectivity index (χ0n) is 8.36. The lowest BCUT2D eigenvalue weighted by Crippen LogP contribution is -1.95. The Bertz CT molecular complexity index is 298. The van der Waals surface area contributed by atoms with Crippen molar-refractivity contribution in [2.45, 2.75) is 6.10 Å². The highest BCUT2D eigenvalue weighted by atomic mass is 16.5. The van der Waals surface area contributed by atoms with Crippen molar-refractivity contribution in [3.8, 4) is 11.5 Å². The molecule has 0 amide bonds. The monoisotopic (exact) mass is 194 g/mol. The van der Waals surface area contributed by atoms with Gasteiger partial charge in [0, 0.05) is 6.07 Å². The molecule has 1 aromatic carbocycles. The Labute approximate surface area is 83.6 Å². The zero-order chi connectivity index (χ0) is 10.6. The van der Waals surface area contributed by atoms with Gasteiger partial charge in [-0.15, -0.1) is 6.58 Å². The van der Waals surface area contributed by atoms with Gasteiger partial charge in [-0.2, -0.15) is 0 Å². The molecule has 0 saturated carbocycles. The number of hydrogen-bond acceptors (Lipinski definition) is 3. The summed E-state index contributed by atoms with van der Waals surface area (Å²) >= 11 is 0. The average Bonchev–Trinajstić information content (AvgIpc) is 2.27. The van der Waals surface area contributed by atoms with Crippen molar-refractivity contribution in [1.29, 1.82) is 0 Å². The van der Waals surface area contributed by atoms with E-state index in [9.17, 15) is 5.11 Å². The van der Waals surface area contributed by atoms with Crippen LogP contribution in [0.3, 0.4) is 0 Å². The first kappa shape index (κ1) is 10.6. The van der Waals surface area contributed by atoms with Gasteiger partial charge in [0.2, 0.25) is 0 Å². The molecule has 0 aromatic heterocycles. The summed E-state index contributed by atoms with van der Waals surface area (Å²) in [6.45, 7) is 3.52. The summed E-state index contributed by atoms with van der Waals surface area (Å²) in [6.07, 6.45) is 0.757. The summed E-state index contributed by atoms with van der Waals surface area (Å²) in [5.74, 6) is 1.31. The first-order chi connectivity index (χ1) is 6.71. The van der Waals surface area contributed by atoms with Gasteiger partial charge in [0.1, 0.15) is 11.5 Å². The molecule has 0 heterocycles. The lowest BCUT2D eigenvalue weighted by Gasteiger charge is -2.10. The number of aliphatic hydroxyl groups is 1. The van der Waals surface area contributed by atoms with E-state index >= 15 is 0 Å². The van der Waals surface area contributed by atoms with Crippen LogP contribution in [-0.4, -0.2) is 19.3 Å². The molecule has 0 saturated heterocycles. The molecule has 0 spiro atoms. The summed E-state index contributed by atoms with van der Waals surface area (Å²) < 4.78 is 10.1. The van der Waals surface area contributed by atoms with Crippen molar-refractivity contribution >= 4 is 0 Å². The largest absolute Gasteiger partial charge is 0.497 e. The van der Waals surface area contributed by atoms with E-state index in [1.54, 1.807) is 32.4 Å². The smallest absolute Gasteiger partial charge is 0.122 e. The number of ether oxygens (including phenoxy) is 2. The molecule has 14 heavy (non-hydrogen) atoms. The van der Waals surface area contributed by atoms with E-state index in [1.165, 1.54) is 6.08 Å². The van der Waals surface area contributed by atoms with Crippen molar-refractivity contribution in [3.63, 3.8) is 0 Å². The second-order valence-corrected chi connectivity index (χ2v) is 2.83. The minimum Gasteiger partial charge on any atom is -0.497 e. The zero-order valence-corrected chi connectivity index (χ0v) is 8.36. The minimum absolute atomic E-state index is 0.653. The predicted octanol–water partition coefficient (Wildman–Crippen LogP) is 1.92. The van der Waals surface area contributed by atoms with Crippen molar-refractivity contribution in [1.82, 2.24) is 0 Å². The molecule has 76 valence electrons. The Morgan fingerprint density at radius 2 is 1.71 bits per heavy atom. The van der Waals surface area contributed by atoms with Gasteiger partial charge in [0.05, 0.1) is 20.3 Å². The normalized spacial score (nSPS) is 11.9. The summed E-state index contributed by atoms with van der Waals surface area (Å²) in [5.41, 5.74) is 0.705. The fourth-order valence-electron chi connectivity index (χ4n) is 1.14. The Morgan fingerprint density at radius 3 is 2.07 bits per heavy atom. The van der Waals surface area contributed by atoms with Crippen LogP contribution in [0.15, 0.2) is 30.9 Å². The van der Waals surface area contributed by atoms with Gasteiger partial charge in [-0.05, 0) is 17.7 Å². The maximum Gasteiger partial charge on any atom is 0.122 e. The van der Waals surface area contributed by atoms with Crippen LogP contribution in [0, 0.1) is 0 Å². The Hall–Kier alpha value is -1.48. The fourth-order valence-corrected chi connectivity index (χ4v) is 1.14. The Kier molecular flexibility index (Phi) is 3.54. The highest BCUT2D eigenvalue weighted by Crippen LogP contribution is 2.26. The highest BCUT2D eigenvalue weighted by molar-refractivity contribution is 5.40. The molecule has 3 heteroatoms. The topological polar surface area (TPSA) is 38.7 Å². The summed E-state index contributed by atoms with van der Waals surface area (Å²) in [7, 11) is 3.14. The predicted molar refractivity (Wildman–Crippen MR) is 54.7 cm³/mol. The lowest BCUT2D eigenvalue weighted by atomic mass is 10.1. The standard InChI is InChI=1S/C11H14O3/c1-4-11(12)8-5-9(13-2)7-10(6-8)14-3/h4-7,11-12H,1H2,2-3H3. The van der Waals surface area contributed by atoms with E-state index in [2.05, 4.69) is 6.58 Å². The first-order valence-corrected chi connectivity index (χ1v) is 4.25. The molecule has 1 aromatic rings. The van der Waals surface area contributed by atoms with Gasteiger partial charge in [-0.25, -0.2) is 0 Å². The molecule has 0 aliphatic carbocycles. The third kappa shape index (κ3) is 2.26. The van der Waals surface area contributed by atoms with Gasteiger partial charge in [0.15, 0.2) is 0 Å². The van der Waals surface area contributed by atoms with E-state index in [-0.39, 0.29) is 0 Å². The summed E-state index contributed by atoms with van der Waals surface area (Å²) in [6, 6.07) is 5.24. The van der Waals surface area contributed by atoms with Crippen LogP contribution in [0.25, 0.3) is 0 Å². The molecular weight excluding hydrogens is 180 g/mol. The molecule has 0 fully saturated rings. The van der Waals surface area contributed by atoms with Crippen LogP contribution in [0.1, 0.15) is 11.7 Å². The fraction of sp³-hybridized carbons (Fsp3) is 0.273. The van der Waals surface area contributed by atoms with Crippen LogP contribution < -0.4 is 9.47 Å². The van der Waals surface area contributed by atoms with Gasteiger partial charge in [-0.3, -0.25) is 0 Å². The molecule has 0 aliphatic heterocycles. The van der Waals surface area contributed by atoms with E-state index in [0.29, 0.717) is 17.1 Å². The van der Waals surface area contributed by atoms with E-state index in [4.69, 9.17) is 9.47 Å². The van der Waals surface area contributed by atoms with Gasteiger partial charge in [-0.1, -0.05) is 6.08 Å². The second-order valence-electron chi connectivity index (χ2n) is 2.83. The van der Waals surface area contributed by atoms with Gasteiger partial charge >= 0.3 is 0 Å². The average molecular weight is 194 g/mol. The molecule has 1 N–H and O–H groups in total. The minimum atomic E-state index is -0.695. The maximum absolute atomic E-state index is 9.54. The number of rotatable bonds is 4. The molecular formula is C11H14O3. The summed E-state index contributed by atoms with van der Waals surface area (Å²) in [5, 5.41) is 9.54. The van der Waals surface area contributed by atoms with Crippen molar-refractivity contribution < 1.29 is 14.6 Å². The SMILES string of the molecule is C=CC(O)c1cc(OC)cc(OC)c1. The number of methoxy groups -OCH3 is 2. The Morgan fingerprint density at radius 1 is 1.21 bits per heavy atom. The van der Waals surface area contributed by atoms with Gasteiger partial charge in [0.25, 0.3) is 0 Å². The van der Waals surface area contributed by atoms with Crippen LogP contribution in [0.4, 0.5) is 0 Å². The molecule has 0 aliphatic rings. The van der Waals surface area contributed by atoms with E-state index in [1.807, 2.05) is 0 Å². The molecule has 1 unspecified atom stereocenters. The molecule has 0 bridgehead atoms. The van der Waals surface area contributed by atoms with E-state index < -0.39 is 6.10 Å². The molecule has 1 rings (SSSR count). The van der Waals surface area contributed by atoms with Crippen molar-refractivity contribution in [3.05, 3.63) is 36.4 Å². The Balaban J connectivity index is 3.09. The first-order valence-electron chi connectivity index (χ1n) is 4.25. The van der Waals surface area contributed by atoms with E-state index in [0.717, 1.165) is 0 Å². The number of aliphatic hydroxyl groups excluding tert-OH is 1. The molecule has 1 atom stereocenters. The third-order valence-electron chi connectivity index (χ3n) is 1.94. The maximum atomic E-state index is 9.54. The lowest BCUT2D eigenvalue weighted by molar-refractivity contribution is 0.228. The molecule has 3 nitrogen and oxygen atoms in total. The number of benzene rings is 1. The molecule has 0 radical (unpaired) electrons. The third-order valence-corrected chi connectivity index (χ3v) is 1.94. The van der Waals surface area contributed by atoms with Crippen LogP contribution in [0.2, 0.25) is 0 Å². The second kappa shape index (κ2) is 4.67. The van der Waals surface area contributed by atoms with Crippen LogP contribution >= 0.6 is 0 Å². The van der Waals surface area contributed by atoms with Crippen molar-refractivity contribution in [2.75, 3.05) is 14.2 Å². The van der Waals surface area contributed by atoms with Crippen molar-refractivity contribution in [2.24, 2.45) is 0 Å². The summed E-state index contributed by atoms with van der Waals surface area (Å²) in [4.78, 5) is 0. The van der Waals surface area contributed by atoms with Crippen LogP contribution in [-0.2, 0) is 0 Å². The quantitative estimate of drug-likeness (QED) is 0.744. The van der Waals surface area contributed by atoms with Gasteiger partial charge < -0.3 is 14.6 Å². The van der Waals surface area contributed by atoms with Crippen LogP contribution in [0.5, 0.6) is 11.5 Å². The highest BCUT2D eigenvalue weighted by Gasteiger charge is 2.07. The number of hydrogen-bond donors (Lipinski definition) is 1.